The Bertz CT molecular complexity index is 1300. The van der Waals surface area contributed by atoms with E-state index in [1.165, 1.54) is 149 Å². The molecule has 48 heavy (non-hydrogen) atoms. The fourth-order valence-corrected chi connectivity index (χ4v) is 8.19. The number of unbranched alkanes of at least 4 members (excludes halogenated alkanes) is 18. The van der Waals surface area contributed by atoms with Crippen LogP contribution in [0.4, 0.5) is 0 Å². The molecule has 0 fully saturated rings. The Labute approximate surface area is 293 Å². The molecule has 0 heterocycles. The van der Waals surface area contributed by atoms with Gasteiger partial charge in [0.15, 0.2) is 0 Å². The molecule has 0 aromatic heterocycles. The molecule has 0 unspecified atom stereocenters. The normalized spacial score (nSPS) is 15.6. The summed E-state index contributed by atoms with van der Waals surface area (Å²) in [6, 6.07) is 20.1. The van der Waals surface area contributed by atoms with Gasteiger partial charge in [-0.1, -0.05) is 160 Å². The van der Waals surface area contributed by atoms with Crippen LogP contribution in [0.15, 0.2) is 54.6 Å². The van der Waals surface area contributed by atoms with E-state index >= 15 is 0 Å². The van der Waals surface area contributed by atoms with E-state index < -0.39 is 0 Å². The van der Waals surface area contributed by atoms with Gasteiger partial charge in [-0.2, -0.15) is 0 Å². The summed E-state index contributed by atoms with van der Waals surface area (Å²) < 4.78 is 19.0. The number of ether oxygens (including phenoxy) is 3. The van der Waals surface area contributed by atoms with Gasteiger partial charge in [-0.15, -0.1) is 0 Å². The Balaban J connectivity index is 1.22. The minimum absolute atomic E-state index is 0.105. The van der Waals surface area contributed by atoms with Crippen molar-refractivity contribution in [1.82, 2.24) is 0 Å². The fourth-order valence-electron chi connectivity index (χ4n) is 8.19. The predicted molar refractivity (Wildman–Crippen MR) is 202 cm³/mol. The van der Waals surface area contributed by atoms with E-state index in [0.717, 1.165) is 43.3 Å². The summed E-state index contributed by atoms with van der Waals surface area (Å²) in [5.41, 5.74) is 8.16. The molecule has 0 spiro atoms. The maximum atomic E-state index is 6.65. The first-order valence-electron chi connectivity index (χ1n) is 20.0. The van der Waals surface area contributed by atoms with Crippen LogP contribution in [0.5, 0.6) is 17.2 Å². The first kappa shape index (κ1) is 36.3. The van der Waals surface area contributed by atoms with Crippen LogP contribution in [-0.4, -0.2) is 20.3 Å². The van der Waals surface area contributed by atoms with E-state index in [4.69, 9.17) is 14.2 Å². The number of rotatable bonds is 25. The molecule has 3 aromatic rings. The molecule has 0 aliphatic heterocycles. The molecule has 3 aliphatic rings. The summed E-state index contributed by atoms with van der Waals surface area (Å²) >= 11 is 0. The van der Waals surface area contributed by atoms with Crippen molar-refractivity contribution in [3.05, 3.63) is 88.0 Å². The van der Waals surface area contributed by atoms with Crippen LogP contribution in [0.2, 0.25) is 0 Å². The van der Waals surface area contributed by atoms with E-state index in [9.17, 15) is 0 Å². The van der Waals surface area contributed by atoms with Crippen molar-refractivity contribution in [2.24, 2.45) is 0 Å². The van der Waals surface area contributed by atoms with Crippen LogP contribution < -0.4 is 14.2 Å². The minimum atomic E-state index is 0.105. The van der Waals surface area contributed by atoms with Crippen molar-refractivity contribution >= 4 is 0 Å². The SMILES string of the molecule is CCCCCCCCCCCCOc1cccc2c1C1c3ccc(OC)cc3C2c2cccc(OCCCCCCCCCCCC)c21. The molecule has 0 radical (unpaired) electrons. The van der Waals surface area contributed by atoms with Crippen molar-refractivity contribution in [1.29, 1.82) is 0 Å². The largest absolute Gasteiger partial charge is 0.497 e. The predicted octanol–water partition coefficient (Wildman–Crippen LogP) is 13.3. The van der Waals surface area contributed by atoms with Gasteiger partial charge in [0.1, 0.15) is 17.2 Å². The maximum Gasteiger partial charge on any atom is 0.123 e. The molecule has 0 saturated heterocycles. The molecule has 2 bridgehead atoms. The average molecular weight is 653 g/mol. The third kappa shape index (κ3) is 9.39. The summed E-state index contributed by atoms with van der Waals surface area (Å²) in [5, 5.41) is 0. The summed E-state index contributed by atoms with van der Waals surface area (Å²) in [6.45, 7) is 6.14. The zero-order valence-electron chi connectivity index (χ0n) is 30.6. The Kier molecular flexibility index (Phi) is 15.1. The van der Waals surface area contributed by atoms with E-state index in [1.807, 2.05) is 0 Å². The van der Waals surface area contributed by atoms with Crippen molar-refractivity contribution in [3.8, 4) is 17.2 Å². The lowest BCUT2D eigenvalue weighted by Gasteiger charge is -2.43. The van der Waals surface area contributed by atoms with E-state index in [-0.39, 0.29) is 11.8 Å². The summed E-state index contributed by atoms with van der Waals surface area (Å²) in [7, 11) is 1.77. The van der Waals surface area contributed by atoms with E-state index in [1.54, 1.807) is 7.11 Å². The van der Waals surface area contributed by atoms with Gasteiger partial charge in [0.2, 0.25) is 0 Å². The molecule has 3 aliphatic carbocycles. The van der Waals surface area contributed by atoms with Gasteiger partial charge in [0, 0.05) is 23.0 Å². The molecule has 3 heteroatoms. The van der Waals surface area contributed by atoms with Gasteiger partial charge in [-0.3, -0.25) is 0 Å². The lowest BCUT2D eigenvalue weighted by molar-refractivity contribution is 0.295. The number of hydrogen-bond donors (Lipinski definition) is 0. The number of methoxy groups -OCH3 is 1. The second-order valence-corrected chi connectivity index (χ2v) is 14.4. The van der Waals surface area contributed by atoms with Crippen LogP contribution in [0.1, 0.15) is 187 Å². The Morgan fingerprint density at radius 3 is 1.31 bits per heavy atom. The van der Waals surface area contributed by atoms with Crippen LogP contribution in [0, 0.1) is 0 Å². The monoisotopic (exact) mass is 652 g/mol. The highest BCUT2D eigenvalue weighted by Gasteiger charge is 2.44. The molecule has 0 saturated carbocycles. The van der Waals surface area contributed by atoms with Crippen molar-refractivity contribution in [3.63, 3.8) is 0 Å². The third-order valence-corrected chi connectivity index (χ3v) is 10.8. The second kappa shape index (κ2) is 19.9. The molecule has 262 valence electrons. The van der Waals surface area contributed by atoms with E-state index in [2.05, 4.69) is 68.4 Å². The lowest BCUT2D eigenvalue weighted by atomic mass is 9.60. The minimum Gasteiger partial charge on any atom is -0.497 e. The summed E-state index contributed by atoms with van der Waals surface area (Å²) in [4.78, 5) is 0. The van der Waals surface area contributed by atoms with Crippen LogP contribution >= 0.6 is 0 Å². The lowest BCUT2D eigenvalue weighted by Crippen LogP contribution is -2.29. The molecular formula is C45H64O3. The van der Waals surface area contributed by atoms with Crippen LogP contribution in [0.3, 0.4) is 0 Å². The standard InChI is InChI=1S/C45H64O3/c1-4-6-8-10-12-14-16-18-20-22-32-47-40-28-24-26-37-42-38-27-25-29-41(48-33-23-21-19-17-15-13-11-9-7-5-2)44(38)45(43(37)40)36-31-30-35(46-3)34-39(36)42/h24-31,34,42,45H,4-23,32-33H2,1-3H3. The van der Waals surface area contributed by atoms with Crippen molar-refractivity contribution < 1.29 is 14.2 Å². The zero-order valence-corrected chi connectivity index (χ0v) is 30.6. The van der Waals surface area contributed by atoms with Gasteiger partial charge in [0.05, 0.1) is 20.3 Å². The highest BCUT2D eigenvalue weighted by molar-refractivity contribution is 5.73. The van der Waals surface area contributed by atoms with Crippen LogP contribution in [-0.2, 0) is 0 Å². The van der Waals surface area contributed by atoms with Crippen molar-refractivity contribution in [2.75, 3.05) is 20.3 Å². The maximum absolute atomic E-state index is 6.65. The number of benzene rings is 3. The highest BCUT2D eigenvalue weighted by Crippen LogP contribution is 2.60. The molecule has 3 aromatic carbocycles. The smallest absolute Gasteiger partial charge is 0.123 e. The topological polar surface area (TPSA) is 27.7 Å². The van der Waals surface area contributed by atoms with Crippen molar-refractivity contribution in [2.45, 2.75) is 154 Å². The van der Waals surface area contributed by atoms with Gasteiger partial charge in [-0.25, -0.2) is 0 Å². The van der Waals surface area contributed by atoms with Gasteiger partial charge < -0.3 is 14.2 Å². The van der Waals surface area contributed by atoms with Crippen LogP contribution in [0.25, 0.3) is 0 Å². The zero-order chi connectivity index (χ0) is 33.4. The van der Waals surface area contributed by atoms with Gasteiger partial charge in [-0.05, 0) is 59.4 Å². The first-order chi connectivity index (χ1) is 23.8. The molecular weight excluding hydrogens is 588 g/mol. The molecule has 0 N–H and O–H groups in total. The Hall–Kier alpha value is -2.94. The summed E-state index contributed by atoms with van der Waals surface area (Å²) in [5.74, 6) is 3.29. The number of hydrogen-bond acceptors (Lipinski definition) is 3. The van der Waals surface area contributed by atoms with E-state index in [0.29, 0.717) is 0 Å². The fraction of sp³-hybridized carbons (Fsp3) is 0.600. The molecule has 6 rings (SSSR count). The van der Waals surface area contributed by atoms with Gasteiger partial charge in [0.25, 0.3) is 0 Å². The first-order valence-corrected chi connectivity index (χ1v) is 20.0. The highest BCUT2D eigenvalue weighted by atomic mass is 16.5. The Morgan fingerprint density at radius 2 is 0.875 bits per heavy atom. The molecule has 3 nitrogen and oxygen atoms in total. The summed E-state index contributed by atoms with van der Waals surface area (Å²) in [6.07, 6.45) is 26.7. The third-order valence-electron chi connectivity index (χ3n) is 10.8. The Morgan fingerprint density at radius 1 is 0.438 bits per heavy atom. The quantitative estimate of drug-likeness (QED) is 0.0587. The molecule has 0 amide bonds. The average Bonchev–Trinajstić information content (AvgIpc) is 3.12. The molecule has 0 atom stereocenters. The second-order valence-electron chi connectivity index (χ2n) is 14.4. The van der Waals surface area contributed by atoms with Gasteiger partial charge >= 0.3 is 0 Å².